The van der Waals surface area contributed by atoms with E-state index >= 15 is 0 Å². The van der Waals surface area contributed by atoms with Crippen LogP contribution in [0.5, 0.6) is 5.75 Å². The summed E-state index contributed by atoms with van der Waals surface area (Å²) in [5, 5.41) is 5.34. The van der Waals surface area contributed by atoms with E-state index in [-0.39, 0.29) is 6.42 Å². The first-order valence-corrected chi connectivity index (χ1v) is 8.51. The zero-order valence-electron chi connectivity index (χ0n) is 15.1. The quantitative estimate of drug-likeness (QED) is 0.791. The number of carbonyl (C=O) groups is 3. The first kappa shape index (κ1) is 18.4. The number of anilines is 2. The molecular weight excluding hydrogens is 348 g/mol. The van der Waals surface area contributed by atoms with E-state index in [2.05, 4.69) is 10.6 Å². The number of rotatable bonds is 5. The Kier molecular flexibility index (Phi) is 5.40. The third-order valence-electron chi connectivity index (χ3n) is 4.21. The average Bonchev–Trinajstić information content (AvgIpc) is 2.64. The molecule has 0 fully saturated rings. The average molecular weight is 368 g/mol. The van der Waals surface area contributed by atoms with Crippen LogP contribution >= 0.6 is 0 Å². The second-order valence-corrected chi connectivity index (χ2v) is 6.30. The molecule has 2 amide bonds. The summed E-state index contributed by atoms with van der Waals surface area (Å²) in [6.45, 7) is 3.49. The van der Waals surface area contributed by atoms with E-state index in [0.717, 1.165) is 11.1 Å². The standard InChI is InChI=1S/C20H20N2O5/c1-12-7-8-14(9-13(12)2)21-18(23)11-26-19(24)10-17-20(25)22-15-5-3-4-6-16(15)27-17/h3-9,17H,10-11H2,1-2H3,(H,21,23)(H,22,25)/t17-/m0/s1. The third kappa shape index (κ3) is 4.63. The molecule has 7 nitrogen and oxygen atoms in total. The van der Waals surface area contributed by atoms with Crippen molar-refractivity contribution in [2.75, 3.05) is 17.2 Å². The number of carbonyl (C=O) groups excluding carboxylic acids is 3. The molecule has 2 aromatic rings. The summed E-state index contributed by atoms with van der Waals surface area (Å²) < 4.78 is 10.5. The van der Waals surface area contributed by atoms with Gasteiger partial charge in [-0.05, 0) is 49.2 Å². The maximum Gasteiger partial charge on any atom is 0.310 e. The predicted octanol–water partition coefficient (Wildman–Crippen LogP) is 2.57. The zero-order chi connectivity index (χ0) is 19.4. The number of nitrogens with one attached hydrogen (secondary N) is 2. The highest BCUT2D eigenvalue weighted by atomic mass is 16.5. The van der Waals surface area contributed by atoms with Gasteiger partial charge in [0, 0.05) is 5.69 Å². The van der Waals surface area contributed by atoms with Gasteiger partial charge in [0.15, 0.2) is 12.7 Å². The summed E-state index contributed by atoms with van der Waals surface area (Å²) in [6, 6.07) is 12.5. The Hall–Kier alpha value is -3.35. The minimum Gasteiger partial charge on any atom is -0.478 e. The largest absolute Gasteiger partial charge is 0.478 e. The molecule has 27 heavy (non-hydrogen) atoms. The topological polar surface area (TPSA) is 93.7 Å². The monoisotopic (exact) mass is 368 g/mol. The highest BCUT2D eigenvalue weighted by Gasteiger charge is 2.30. The number of hydrogen-bond donors (Lipinski definition) is 2. The Balaban J connectivity index is 1.49. The molecule has 0 bridgehead atoms. The van der Waals surface area contributed by atoms with Gasteiger partial charge in [-0.1, -0.05) is 18.2 Å². The molecular formula is C20H20N2O5. The molecule has 0 radical (unpaired) electrons. The normalized spacial score (nSPS) is 15.2. The van der Waals surface area contributed by atoms with Crippen LogP contribution in [-0.4, -0.2) is 30.5 Å². The van der Waals surface area contributed by atoms with Crippen molar-refractivity contribution < 1.29 is 23.9 Å². The number of amides is 2. The molecule has 0 saturated heterocycles. The zero-order valence-corrected chi connectivity index (χ0v) is 15.1. The van der Waals surface area contributed by atoms with E-state index in [1.807, 2.05) is 26.0 Å². The minimum atomic E-state index is -0.991. The highest BCUT2D eigenvalue weighted by molar-refractivity contribution is 5.99. The first-order valence-electron chi connectivity index (χ1n) is 8.51. The molecule has 3 rings (SSSR count). The van der Waals surface area contributed by atoms with Gasteiger partial charge in [0.05, 0.1) is 12.1 Å². The van der Waals surface area contributed by atoms with E-state index < -0.39 is 30.5 Å². The van der Waals surface area contributed by atoms with Crippen molar-refractivity contribution >= 4 is 29.2 Å². The van der Waals surface area contributed by atoms with Crippen molar-refractivity contribution in [2.24, 2.45) is 0 Å². The van der Waals surface area contributed by atoms with Crippen LogP contribution in [0.4, 0.5) is 11.4 Å². The third-order valence-corrected chi connectivity index (χ3v) is 4.21. The van der Waals surface area contributed by atoms with Crippen molar-refractivity contribution in [2.45, 2.75) is 26.4 Å². The molecule has 2 N–H and O–H groups in total. The molecule has 0 aromatic heterocycles. The molecule has 0 unspecified atom stereocenters. The summed E-state index contributed by atoms with van der Waals surface area (Å²) in [5.74, 6) is -1.08. The van der Waals surface area contributed by atoms with Crippen LogP contribution in [0.1, 0.15) is 17.5 Å². The molecule has 1 aliphatic heterocycles. The lowest BCUT2D eigenvalue weighted by Gasteiger charge is -2.25. The lowest BCUT2D eigenvalue weighted by atomic mass is 10.1. The van der Waals surface area contributed by atoms with Crippen LogP contribution in [0.3, 0.4) is 0 Å². The summed E-state index contributed by atoms with van der Waals surface area (Å²) in [7, 11) is 0. The smallest absolute Gasteiger partial charge is 0.310 e. The van der Waals surface area contributed by atoms with Gasteiger partial charge in [0.1, 0.15) is 5.75 Å². The van der Waals surface area contributed by atoms with Crippen LogP contribution in [-0.2, 0) is 19.1 Å². The van der Waals surface area contributed by atoms with Gasteiger partial charge in [0.2, 0.25) is 0 Å². The van der Waals surface area contributed by atoms with E-state index in [9.17, 15) is 14.4 Å². The Morgan fingerprint density at radius 1 is 1.15 bits per heavy atom. The van der Waals surface area contributed by atoms with Gasteiger partial charge in [0.25, 0.3) is 11.8 Å². The number of benzene rings is 2. The number of aryl methyl sites for hydroxylation is 2. The first-order chi connectivity index (χ1) is 12.9. The van der Waals surface area contributed by atoms with Gasteiger partial charge in [-0.2, -0.15) is 0 Å². The SMILES string of the molecule is Cc1ccc(NC(=O)COC(=O)C[C@@H]2Oc3ccccc3NC2=O)cc1C. The van der Waals surface area contributed by atoms with Crippen molar-refractivity contribution in [3.8, 4) is 5.75 Å². The molecule has 0 spiro atoms. The maximum atomic E-state index is 12.0. The lowest BCUT2D eigenvalue weighted by molar-refractivity contribution is -0.150. The van der Waals surface area contributed by atoms with Crippen molar-refractivity contribution in [1.82, 2.24) is 0 Å². The fourth-order valence-corrected chi connectivity index (χ4v) is 2.60. The Morgan fingerprint density at radius 3 is 2.70 bits per heavy atom. The van der Waals surface area contributed by atoms with Gasteiger partial charge in [-0.25, -0.2) is 0 Å². The molecule has 1 aliphatic rings. The highest BCUT2D eigenvalue weighted by Crippen LogP contribution is 2.29. The predicted molar refractivity (Wildman–Crippen MR) is 99.6 cm³/mol. The summed E-state index contributed by atoms with van der Waals surface area (Å²) in [6.07, 6.45) is -1.27. The van der Waals surface area contributed by atoms with Crippen molar-refractivity contribution in [3.63, 3.8) is 0 Å². The second kappa shape index (κ2) is 7.90. The second-order valence-electron chi connectivity index (χ2n) is 6.30. The Bertz CT molecular complexity index is 894. The van der Waals surface area contributed by atoms with E-state index in [4.69, 9.17) is 9.47 Å². The number of para-hydroxylation sites is 2. The van der Waals surface area contributed by atoms with Gasteiger partial charge in [-0.3, -0.25) is 14.4 Å². The van der Waals surface area contributed by atoms with E-state index in [0.29, 0.717) is 17.1 Å². The van der Waals surface area contributed by atoms with E-state index in [1.54, 1.807) is 30.3 Å². The maximum absolute atomic E-state index is 12.0. The Labute approximate surface area is 156 Å². The van der Waals surface area contributed by atoms with E-state index in [1.165, 1.54) is 0 Å². The molecule has 2 aromatic carbocycles. The Morgan fingerprint density at radius 2 is 1.93 bits per heavy atom. The fourth-order valence-electron chi connectivity index (χ4n) is 2.60. The van der Waals surface area contributed by atoms with Crippen LogP contribution in [0.25, 0.3) is 0 Å². The lowest BCUT2D eigenvalue weighted by Crippen LogP contribution is -2.39. The van der Waals surface area contributed by atoms with Gasteiger partial charge in [-0.15, -0.1) is 0 Å². The number of ether oxygens (including phenoxy) is 2. The molecule has 140 valence electrons. The minimum absolute atomic E-state index is 0.281. The molecule has 0 aliphatic carbocycles. The molecule has 7 heteroatoms. The van der Waals surface area contributed by atoms with Crippen LogP contribution in [0.15, 0.2) is 42.5 Å². The number of hydrogen-bond acceptors (Lipinski definition) is 5. The fraction of sp³-hybridized carbons (Fsp3) is 0.250. The summed E-state index contributed by atoms with van der Waals surface area (Å²) >= 11 is 0. The molecule has 1 atom stereocenters. The number of fused-ring (bicyclic) bond motifs is 1. The molecule has 1 heterocycles. The van der Waals surface area contributed by atoms with Crippen LogP contribution < -0.4 is 15.4 Å². The molecule has 0 saturated carbocycles. The summed E-state index contributed by atoms with van der Waals surface area (Å²) in [4.78, 5) is 35.9. The van der Waals surface area contributed by atoms with Crippen LogP contribution in [0.2, 0.25) is 0 Å². The van der Waals surface area contributed by atoms with Crippen LogP contribution in [0, 0.1) is 13.8 Å². The van der Waals surface area contributed by atoms with Crippen molar-refractivity contribution in [3.05, 3.63) is 53.6 Å². The summed E-state index contributed by atoms with van der Waals surface area (Å²) in [5.41, 5.74) is 3.35. The van der Waals surface area contributed by atoms with Gasteiger partial charge < -0.3 is 20.1 Å². The van der Waals surface area contributed by atoms with Gasteiger partial charge >= 0.3 is 5.97 Å². The van der Waals surface area contributed by atoms with Crippen molar-refractivity contribution in [1.29, 1.82) is 0 Å². The number of esters is 1.